The normalized spacial score (nSPS) is 21.0. The van der Waals surface area contributed by atoms with Gasteiger partial charge in [-0.3, -0.25) is 14.4 Å². The van der Waals surface area contributed by atoms with E-state index in [4.69, 9.17) is 24.1 Å². The topological polar surface area (TPSA) is 129 Å². The first-order valence-electron chi connectivity index (χ1n) is 13.4. The molecule has 1 heterocycles. The number of methoxy groups -OCH3 is 2. The number of benzene rings is 2. The summed E-state index contributed by atoms with van der Waals surface area (Å²) in [7, 11) is 2.79. The lowest BCUT2D eigenvalue weighted by Crippen LogP contribution is -2.45. The number of Topliss-reactive ketones (excluding diaryl/α,β-unsaturated/α-hetero) is 1. The molecule has 7 rings (SSSR count). The van der Waals surface area contributed by atoms with Gasteiger partial charge >= 0.3 is 11.9 Å². The maximum Gasteiger partial charge on any atom is 0.316 e. The SMILES string of the molecule is COC(=O)C1(c2ccc(O)c(O)c2)CC1.COC(=O)C1(c2ccc3c(c2)OC2(CCC2)O3)CC1.O=C1CCC1. The van der Waals surface area contributed by atoms with Crippen molar-refractivity contribution in [3.05, 3.63) is 47.5 Å². The van der Waals surface area contributed by atoms with Crippen molar-refractivity contribution in [2.75, 3.05) is 14.2 Å². The van der Waals surface area contributed by atoms with Crippen LogP contribution >= 0.6 is 0 Å². The van der Waals surface area contributed by atoms with Crippen molar-refractivity contribution in [3.8, 4) is 23.0 Å². The molecule has 4 fully saturated rings. The van der Waals surface area contributed by atoms with E-state index in [2.05, 4.69) is 0 Å². The molecule has 208 valence electrons. The van der Waals surface area contributed by atoms with Gasteiger partial charge in [-0.15, -0.1) is 0 Å². The van der Waals surface area contributed by atoms with Gasteiger partial charge < -0.3 is 29.2 Å². The molecule has 0 bridgehead atoms. The summed E-state index contributed by atoms with van der Waals surface area (Å²) in [5, 5.41) is 18.5. The number of hydrogen-bond donors (Lipinski definition) is 2. The lowest BCUT2D eigenvalue weighted by molar-refractivity contribution is -0.144. The van der Waals surface area contributed by atoms with Gasteiger partial charge in [-0.25, -0.2) is 0 Å². The molecular formula is C30H34O9. The summed E-state index contributed by atoms with van der Waals surface area (Å²) in [6, 6.07) is 10.3. The van der Waals surface area contributed by atoms with Gasteiger partial charge in [-0.05, 0) is 73.9 Å². The van der Waals surface area contributed by atoms with Crippen molar-refractivity contribution < 1.29 is 43.5 Å². The summed E-state index contributed by atoms with van der Waals surface area (Å²) in [5.74, 6) is 0.768. The number of fused-ring (bicyclic) bond motifs is 1. The molecule has 0 radical (unpaired) electrons. The van der Waals surface area contributed by atoms with Crippen LogP contribution in [0.1, 0.15) is 75.3 Å². The zero-order valence-corrected chi connectivity index (χ0v) is 22.3. The second-order valence-corrected chi connectivity index (χ2v) is 10.9. The predicted octanol–water partition coefficient (Wildman–Crippen LogP) is 4.58. The molecule has 1 aliphatic heterocycles. The second-order valence-electron chi connectivity index (χ2n) is 10.9. The number of esters is 2. The largest absolute Gasteiger partial charge is 0.504 e. The van der Waals surface area contributed by atoms with Gasteiger partial charge in [-0.2, -0.15) is 0 Å². The first kappa shape index (κ1) is 26.8. The molecule has 4 saturated carbocycles. The summed E-state index contributed by atoms with van der Waals surface area (Å²) in [6.07, 6.45) is 9.02. The van der Waals surface area contributed by atoms with Crippen LogP contribution in [0, 0.1) is 0 Å². The molecule has 9 nitrogen and oxygen atoms in total. The van der Waals surface area contributed by atoms with Crippen molar-refractivity contribution in [1.82, 2.24) is 0 Å². The Morgan fingerprint density at radius 1 is 0.718 bits per heavy atom. The minimum Gasteiger partial charge on any atom is -0.504 e. The summed E-state index contributed by atoms with van der Waals surface area (Å²) in [5.41, 5.74) is 0.644. The first-order chi connectivity index (χ1) is 18.7. The highest BCUT2D eigenvalue weighted by atomic mass is 16.7. The molecule has 39 heavy (non-hydrogen) atoms. The van der Waals surface area contributed by atoms with Crippen LogP contribution in [0.25, 0.3) is 0 Å². The average Bonchev–Trinajstić information content (AvgIpc) is 3.84. The summed E-state index contributed by atoms with van der Waals surface area (Å²) in [6.45, 7) is 0. The fourth-order valence-electron chi connectivity index (χ4n) is 5.07. The molecule has 0 amide bonds. The summed E-state index contributed by atoms with van der Waals surface area (Å²) in [4.78, 5) is 33.3. The molecule has 5 aliphatic rings. The maximum absolute atomic E-state index is 11.9. The van der Waals surface area contributed by atoms with Gasteiger partial charge in [0.2, 0.25) is 0 Å². The Balaban J connectivity index is 0.000000137. The van der Waals surface area contributed by atoms with Crippen molar-refractivity contribution >= 4 is 17.7 Å². The van der Waals surface area contributed by atoms with Crippen LogP contribution < -0.4 is 9.47 Å². The van der Waals surface area contributed by atoms with Crippen LogP contribution in [-0.4, -0.2) is 47.9 Å². The number of ether oxygens (including phenoxy) is 4. The third-order valence-corrected chi connectivity index (χ3v) is 8.30. The van der Waals surface area contributed by atoms with E-state index in [1.54, 1.807) is 6.07 Å². The molecule has 9 heteroatoms. The number of phenols is 2. The highest BCUT2D eigenvalue weighted by Gasteiger charge is 2.54. The molecule has 0 unspecified atom stereocenters. The third-order valence-electron chi connectivity index (χ3n) is 8.30. The third kappa shape index (κ3) is 5.02. The van der Waals surface area contributed by atoms with Crippen LogP contribution in [0.15, 0.2) is 36.4 Å². The van der Waals surface area contributed by atoms with Crippen molar-refractivity contribution in [3.63, 3.8) is 0 Å². The number of aromatic hydroxyl groups is 2. The first-order valence-corrected chi connectivity index (χ1v) is 13.4. The Labute approximate surface area is 227 Å². The smallest absolute Gasteiger partial charge is 0.316 e. The van der Waals surface area contributed by atoms with Crippen LogP contribution in [0.2, 0.25) is 0 Å². The Hall–Kier alpha value is -3.75. The fraction of sp³-hybridized carbons (Fsp3) is 0.500. The van der Waals surface area contributed by atoms with Crippen LogP contribution in [0.5, 0.6) is 23.0 Å². The molecular weight excluding hydrogens is 504 g/mol. The molecule has 1 spiro atoms. The predicted molar refractivity (Wildman–Crippen MR) is 139 cm³/mol. The van der Waals surface area contributed by atoms with Gasteiger partial charge in [0.05, 0.1) is 25.0 Å². The highest BCUT2D eigenvalue weighted by molar-refractivity contribution is 5.87. The number of hydrogen-bond acceptors (Lipinski definition) is 9. The number of ketones is 1. The van der Waals surface area contributed by atoms with E-state index in [-0.39, 0.29) is 23.4 Å². The Morgan fingerprint density at radius 2 is 1.23 bits per heavy atom. The number of carbonyl (C=O) groups excluding carboxylic acids is 3. The van der Waals surface area contributed by atoms with Gasteiger partial charge in [0.25, 0.3) is 5.79 Å². The number of phenolic OH excluding ortho intramolecular Hbond substituents is 2. The van der Waals surface area contributed by atoms with Gasteiger partial charge in [0.15, 0.2) is 23.0 Å². The zero-order valence-electron chi connectivity index (χ0n) is 22.3. The van der Waals surface area contributed by atoms with E-state index in [1.165, 1.54) is 26.4 Å². The van der Waals surface area contributed by atoms with Gasteiger partial charge in [0.1, 0.15) is 5.78 Å². The molecule has 2 aromatic rings. The van der Waals surface area contributed by atoms with Crippen LogP contribution in [0.3, 0.4) is 0 Å². The highest BCUT2D eigenvalue weighted by Crippen LogP contribution is 2.54. The number of rotatable bonds is 4. The Bertz CT molecular complexity index is 1280. The lowest BCUT2D eigenvalue weighted by atomic mass is 9.91. The van der Waals surface area contributed by atoms with Crippen LogP contribution in [-0.2, 0) is 34.7 Å². The van der Waals surface area contributed by atoms with Gasteiger partial charge in [-0.1, -0.05) is 12.1 Å². The Kier molecular flexibility index (Phi) is 6.95. The minimum absolute atomic E-state index is 0.148. The van der Waals surface area contributed by atoms with Crippen molar-refractivity contribution in [1.29, 1.82) is 0 Å². The average molecular weight is 539 g/mol. The Morgan fingerprint density at radius 3 is 1.64 bits per heavy atom. The maximum atomic E-state index is 11.9. The minimum atomic E-state index is -0.597. The fourth-order valence-corrected chi connectivity index (χ4v) is 5.07. The standard InChI is InChI=1S/C15H16O4.C11H12O4.C4H6O/c1-17-13(16)14(7-8-14)10-3-4-11-12(9-10)19-15(18-11)5-2-6-15;1-15-10(14)11(4-5-11)7-2-3-8(12)9(13)6-7;5-4-2-1-3-4/h3-4,9H,2,5-8H2,1H3;2-3,6,12-13H,4-5H2,1H3;1-3H2. The molecule has 0 aromatic heterocycles. The molecule has 0 saturated heterocycles. The number of carbonyl (C=O) groups is 3. The molecule has 4 aliphatic carbocycles. The van der Waals surface area contributed by atoms with E-state index in [1.807, 2.05) is 18.2 Å². The van der Waals surface area contributed by atoms with Crippen molar-refractivity contribution in [2.45, 2.75) is 80.8 Å². The van der Waals surface area contributed by atoms with E-state index in [9.17, 15) is 19.5 Å². The van der Waals surface area contributed by atoms with E-state index >= 15 is 0 Å². The van der Waals surface area contributed by atoms with E-state index < -0.39 is 16.6 Å². The monoisotopic (exact) mass is 538 g/mol. The zero-order chi connectivity index (χ0) is 27.8. The molecule has 2 aromatic carbocycles. The van der Waals surface area contributed by atoms with E-state index in [0.29, 0.717) is 11.3 Å². The molecule has 0 atom stereocenters. The van der Waals surface area contributed by atoms with E-state index in [0.717, 1.165) is 81.3 Å². The lowest BCUT2D eigenvalue weighted by Gasteiger charge is -2.35. The molecule has 2 N–H and O–H groups in total. The van der Waals surface area contributed by atoms with Crippen molar-refractivity contribution in [2.24, 2.45) is 0 Å². The quantitative estimate of drug-likeness (QED) is 0.424. The van der Waals surface area contributed by atoms with Gasteiger partial charge in [0, 0.05) is 25.7 Å². The second kappa shape index (κ2) is 10.1. The van der Waals surface area contributed by atoms with Crippen LogP contribution in [0.4, 0.5) is 0 Å². The summed E-state index contributed by atoms with van der Waals surface area (Å²) >= 11 is 0. The summed E-state index contributed by atoms with van der Waals surface area (Å²) < 4.78 is 21.4.